The van der Waals surface area contributed by atoms with E-state index in [1.54, 1.807) is 6.20 Å². The second kappa shape index (κ2) is 5.71. The minimum absolute atomic E-state index is 0.899. The van der Waals surface area contributed by atoms with E-state index >= 15 is 0 Å². The van der Waals surface area contributed by atoms with Crippen molar-refractivity contribution in [3.8, 4) is 0 Å². The van der Waals surface area contributed by atoms with Crippen LogP contribution in [0.2, 0.25) is 0 Å². The molecule has 0 amide bonds. The lowest BCUT2D eigenvalue weighted by molar-refractivity contribution is 0.642. The minimum Gasteiger partial charge on any atom is -0.361 e. The van der Waals surface area contributed by atoms with Crippen molar-refractivity contribution in [1.82, 2.24) is 20.3 Å². The molecule has 0 unspecified atom stereocenters. The first-order valence-corrected chi connectivity index (χ1v) is 6.67. The Hall–Kier alpha value is -2.07. The summed E-state index contributed by atoms with van der Waals surface area (Å²) >= 11 is 0. The van der Waals surface area contributed by atoms with Crippen LogP contribution >= 0.6 is 0 Å². The van der Waals surface area contributed by atoms with Gasteiger partial charge in [0, 0.05) is 37.1 Å². The molecule has 3 N–H and O–H groups in total. The summed E-state index contributed by atoms with van der Waals surface area (Å²) in [6, 6.07) is 8.51. The highest BCUT2D eigenvalue weighted by Gasteiger charge is 2.01. The van der Waals surface area contributed by atoms with Crippen LogP contribution in [0.3, 0.4) is 0 Å². The fraction of sp³-hybridized carbons (Fsp3) is 0.267. The lowest BCUT2D eigenvalue weighted by atomic mass is 10.1. The molecule has 19 heavy (non-hydrogen) atoms. The summed E-state index contributed by atoms with van der Waals surface area (Å²) < 4.78 is 0. The van der Waals surface area contributed by atoms with Crippen molar-refractivity contribution in [1.29, 1.82) is 0 Å². The topological polar surface area (TPSA) is 56.5 Å². The van der Waals surface area contributed by atoms with Crippen LogP contribution in [0.25, 0.3) is 10.9 Å². The van der Waals surface area contributed by atoms with Crippen molar-refractivity contribution < 1.29 is 0 Å². The molecule has 0 aliphatic rings. The monoisotopic (exact) mass is 254 g/mol. The van der Waals surface area contributed by atoms with Gasteiger partial charge < -0.3 is 15.3 Å². The Labute approximate surface area is 112 Å². The highest BCUT2D eigenvalue weighted by Crippen LogP contribution is 2.16. The number of fused-ring (bicyclic) bond motifs is 1. The first kappa shape index (κ1) is 12.0. The molecule has 3 aromatic rings. The predicted octanol–water partition coefficient (Wildman–Crippen LogP) is 2.61. The second-order valence-corrected chi connectivity index (χ2v) is 4.68. The molecule has 4 nitrogen and oxygen atoms in total. The van der Waals surface area contributed by atoms with Gasteiger partial charge in [-0.15, -0.1) is 0 Å². The molecule has 98 valence electrons. The lowest BCUT2D eigenvalue weighted by Gasteiger charge is -2.05. The largest absolute Gasteiger partial charge is 0.361 e. The first-order valence-electron chi connectivity index (χ1n) is 6.67. The Morgan fingerprint density at radius 3 is 3.00 bits per heavy atom. The van der Waals surface area contributed by atoms with Gasteiger partial charge in [-0.25, -0.2) is 4.98 Å². The zero-order chi connectivity index (χ0) is 12.9. The number of imidazole rings is 1. The number of aromatic nitrogens is 3. The van der Waals surface area contributed by atoms with Gasteiger partial charge in [-0.05, 0) is 30.0 Å². The average Bonchev–Trinajstić information content (AvgIpc) is 3.09. The van der Waals surface area contributed by atoms with Crippen molar-refractivity contribution >= 4 is 10.9 Å². The maximum Gasteiger partial charge on any atom is 0.106 e. The van der Waals surface area contributed by atoms with Crippen LogP contribution in [-0.2, 0) is 13.0 Å². The Morgan fingerprint density at radius 1 is 1.11 bits per heavy atom. The third-order valence-electron chi connectivity index (χ3n) is 3.31. The van der Waals surface area contributed by atoms with E-state index in [9.17, 15) is 0 Å². The van der Waals surface area contributed by atoms with Gasteiger partial charge in [0.2, 0.25) is 0 Å². The van der Waals surface area contributed by atoms with E-state index in [-0.39, 0.29) is 0 Å². The summed E-state index contributed by atoms with van der Waals surface area (Å²) in [6.45, 7) is 1.90. The molecule has 2 heterocycles. The van der Waals surface area contributed by atoms with Gasteiger partial charge in [-0.1, -0.05) is 18.2 Å². The lowest BCUT2D eigenvalue weighted by Crippen LogP contribution is -2.15. The number of hydrogen-bond acceptors (Lipinski definition) is 2. The highest BCUT2D eigenvalue weighted by molar-refractivity contribution is 5.82. The standard InChI is InChI=1S/C15H18N4/c1-3-12-6-8-19-15(12)13(4-1)11-16-7-2-5-14-17-9-10-18-14/h1,3-4,6,8-10,16,19H,2,5,7,11H2,(H,17,18). The van der Waals surface area contributed by atoms with Crippen LogP contribution in [0.5, 0.6) is 0 Å². The number of para-hydroxylation sites is 1. The Bertz CT molecular complexity index is 624. The molecule has 0 fully saturated rings. The summed E-state index contributed by atoms with van der Waals surface area (Å²) in [5.74, 6) is 1.06. The molecule has 3 rings (SSSR count). The highest BCUT2D eigenvalue weighted by atomic mass is 14.9. The number of H-pyrrole nitrogens is 2. The van der Waals surface area contributed by atoms with E-state index in [4.69, 9.17) is 0 Å². The van der Waals surface area contributed by atoms with Crippen LogP contribution in [-0.4, -0.2) is 21.5 Å². The molecule has 2 aromatic heterocycles. The van der Waals surface area contributed by atoms with Crippen molar-refractivity contribution in [2.24, 2.45) is 0 Å². The van der Waals surface area contributed by atoms with E-state index in [0.717, 1.165) is 31.8 Å². The normalized spacial score (nSPS) is 11.2. The molecule has 4 heteroatoms. The Kier molecular flexibility index (Phi) is 3.61. The van der Waals surface area contributed by atoms with E-state index in [1.807, 2.05) is 12.4 Å². The smallest absolute Gasteiger partial charge is 0.106 e. The van der Waals surface area contributed by atoms with Gasteiger partial charge >= 0.3 is 0 Å². The average molecular weight is 254 g/mol. The quantitative estimate of drug-likeness (QED) is 0.592. The maximum atomic E-state index is 4.22. The number of nitrogens with zero attached hydrogens (tertiary/aromatic N) is 1. The van der Waals surface area contributed by atoms with Gasteiger partial charge in [0.05, 0.1) is 0 Å². The molecule has 0 saturated heterocycles. The number of benzene rings is 1. The van der Waals surface area contributed by atoms with Gasteiger partial charge in [0.15, 0.2) is 0 Å². The third-order valence-corrected chi connectivity index (χ3v) is 3.31. The van der Waals surface area contributed by atoms with Crippen molar-refractivity contribution in [2.75, 3.05) is 6.54 Å². The van der Waals surface area contributed by atoms with Crippen LogP contribution < -0.4 is 5.32 Å². The minimum atomic E-state index is 0.899. The van der Waals surface area contributed by atoms with Crippen LogP contribution in [0, 0.1) is 0 Å². The summed E-state index contributed by atoms with van der Waals surface area (Å²) in [5, 5.41) is 4.76. The number of hydrogen-bond donors (Lipinski definition) is 3. The van der Waals surface area contributed by atoms with Crippen molar-refractivity contribution in [2.45, 2.75) is 19.4 Å². The van der Waals surface area contributed by atoms with Crippen molar-refractivity contribution in [3.05, 3.63) is 54.2 Å². The number of aryl methyl sites for hydroxylation is 1. The molecule has 0 atom stereocenters. The number of rotatable bonds is 6. The molecule has 0 aliphatic carbocycles. The van der Waals surface area contributed by atoms with Crippen LogP contribution in [0.15, 0.2) is 42.9 Å². The third kappa shape index (κ3) is 2.85. The number of nitrogens with one attached hydrogen (secondary N) is 3. The zero-order valence-corrected chi connectivity index (χ0v) is 10.8. The SMILES string of the molecule is c1cc(CNCCCc2ncc[nH]2)c2[nH]ccc2c1. The van der Waals surface area contributed by atoms with Gasteiger partial charge in [0.25, 0.3) is 0 Å². The predicted molar refractivity (Wildman–Crippen MR) is 76.9 cm³/mol. The summed E-state index contributed by atoms with van der Waals surface area (Å²) in [6.07, 6.45) is 7.75. The van der Waals surface area contributed by atoms with Crippen LogP contribution in [0.4, 0.5) is 0 Å². The van der Waals surface area contributed by atoms with Crippen LogP contribution in [0.1, 0.15) is 17.8 Å². The molecule has 0 saturated carbocycles. The molecular weight excluding hydrogens is 236 g/mol. The summed E-state index contributed by atoms with van der Waals surface area (Å²) in [5.41, 5.74) is 2.56. The number of aromatic amines is 2. The van der Waals surface area contributed by atoms with Gasteiger partial charge in [0.1, 0.15) is 5.82 Å². The van der Waals surface area contributed by atoms with Gasteiger partial charge in [-0.3, -0.25) is 0 Å². The zero-order valence-electron chi connectivity index (χ0n) is 10.8. The molecule has 0 radical (unpaired) electrons. The van der Waals surface area contributed by atoms with E-state index < -0.39 is 0 Å². The first-order chi connectivity index (χ1) is 9.43. The fourth-order valence-corrected chi connectivity index (χ4v) is 2.34. The molecular formula is C15H18N4. The molecule has 0 aliphatic heterocycles. The molecule has 0 spiro atoms. The van der Waals surface area contributed by atoms with E-state index in [0.29, 0.717) is 0 Å². The maximum absolute atomic E-state index is 4.22. The summed E-state index contributed by atoms with van der Waals surface area (Å²) in [7, 11) is 0. The second-order valence-electron chi connectivity index (χ2n) is 4.68. The summed E-state index contributed by atoms with van der Waals surface area (Å²) in [4.78, 5) is 10.6. The van der Waals surface area contributed by atoms with Gasteiger partial charge in [-0.2, -0.15) is 0 Å². The van der Waals surface area contributed by atoms with E-state index in [1.165, 1.54) is 16.5 Å². The Balaban J connectivity index is 1.48. The van der Waals surface area contributed by atoms with E-state index in [2.05, 4.69) is 44.5 Å². The Morgan fingerprint density at radius 2 is 2.11 bits per heavy atom. The fourth-order valence-electron chi connectivity index (χ4n) is 2.34. The van der Waals surface area contributed by atoms with Crippen molar-refractivity contribution in [3.63, 3.8) is 0 Å². The molecule has 0 bridgehead atoms. The molecule has 1 aromatic carbocycles.